The lowest BCUT2D eigenvalue weighted by molar-refractivity contribution is -0.162. The third-order valence-electron chi connectivity index (χ3n) is 2.37. The lowest BCUT2D eigenvalue weighted by Crippen LogP contribution is -2.40. The van der Waals surface area contributed by atoms with Crippen molar-refractivity contribution in [1.82, 2.24) is 0 Å². The number of alkyl halides is 3. The van der Waals surface area contributed by atoms with Crippen LogP contribution in [0.5, 0.6) is 5.75 Å². The monoisotopic (exact) mass is 262 g/mol. The third kappa shape index (κ3) is 3.54. The standard InChI is InChI=1S/C11H13F3N2O2/c1-7-4-2-3-5-9(7)18-6-8(10(15)16-17)11(12,13)14/h2-5,8,17H,6H2,1H3,(H2,15,16). The first kappa shape index (κ1) is 14.1. The van der Waals surface area contributed by atoms with E-state index in [0.29, 0.717) is 11.3 Å². The minimum Gasteiger partial charge on any atom is -0.492 e. The molecule has 1 aromatic rings. The predicted octanol–water partition coefficient (Wildman–Crippen LogP) is 2.30. The van der Waals surface area contributed by atoms with Crippen LogP contribution in [0.15, 0.2) is 29.4 Å². The molecule has 18 heavy (non-hydrogen) atoms. The number of oxime groups is 1. The fourth-order valence-corrected chi connectivity index (χ4v) is 1.31. The molecule has 4 nitrogen and oxygen atoms in total. The molecule has 0 fully saturated rings. The van der Waals surface area contributed by atoms with Crippen LogP contribution in [0.2, 0.25) is 0 Å². The normalized spacial score (nSPS) is 14.3. The Hall–Kier alpha value is -1.92. The molecule has 0 aliphatic heterocycles. The minimum atomic E-state index is -4.63. The number of aryl methyl sites for hydroxylation is 1. The second kappa shape index (κ2) is 5.61. The smallest absolute Gasteiger partial charge is 0.402 e. The lowest BCUT2D eigenvalue weighted by Gasteiger charge is -2.19. The molecule has 0 saturated heterocycles. The number of hydrogen-bond acceptors (Lipinski definition) is 3. The van der Waals surface area contributed by atoms with Gasteiger partial charge in [-0.05, 0) is 18.6 Å². The summed E-state index contributed by atoms with van der Waals surface area (Å²) in [4.78, 5) is 0. The first-order chi connectivity index (χ1) is 8.36. The first-order valence-electron chi connectivity index (χ1n) is 5.08. The van der Waals surface area contributed by atoms with Crippen molar-refractivity contribution >= 4 is 5.84 Å². The highest BCUT2D eigenvalue weighted by Gasteiger charge is 2.43. The number of halogens is 3. The highest BCUT2D eigenvalue weighted by atomic mass is 19.4. The number of ether oxygens (including phenoxy) is 1. The van der Waals surface area contributed by atoms with Crippen LogP contribution in [0.25, 0.3) is 0 Å². The molecule has 3 N–H and O–H groups in total. The SMILES string of the molecule is Cc1ccccc1OCC(/C(N)=N/O)C(F)(F)F. The van der Waals surface area contributed by atoms with Crippen molar-refractivity contribution in [3.8, 4) is 5.75 Å². The van der Waals surface area contributed by atoms with E-state index in [1.54, 1.807) is 31.2 Å². The Morgan fingerprint density at radius 1 is 1.44 bits per heavy atom. The van der Waals surface area contributed by atoms with E-state index < -0.39 is 24.5 Å². The van der Waals surface area contributed by atoms with Crippen LogP contribution in [-0.4, -0.2) is 23.8 Å². The van der Waals surface area contributed by atoms with Gasteiger partial charge in [0.25, 0.3) is 0 Å². The molecule has 0 heterocycles. The highest BCUT2D eigenvalue weighted by Crippen LogP contribution is 2.28. The number of amidine groups is 1. The second-order valence-electron chi connectivity index (χ2n) is 3.70. The number of nitrogens with two attached hydrogens (primary N) is 1. The number of hydrogen-bond donors (Lipinski definition) is 2. The summed E-state index contributed by atoms with van der Waals surface area (Å²) in [6.07, 6.45) is -4.63. The van der Waals surface area contributed by atoms with E-state index in [1.165, 1.54) is 0 Å². The zero-order valence-corrected chi connectivity index (χ0v) is 9.61. The van der Waals surface area contributed by atoms with Gasteiger partial charge in [0.05, 0.1) is 0 Å². The van der Waals surface area contributed by atoms with E-state index in [9.17, 15) is 13.2 Å². The van der Waals surface area contributed by atoms with Crippen molar-refractivity contribution in [2.24, 2.45) is 16.8 Å². The summed E-state index contributed by atoms with van der Waals surface area (Å²) in [5, 5.41) is 10.7. The summed E-state index contributed by atoms with van der Waals surface area (Å²) in [5.74, 6) is -2.73. The molecule has 0 saturated carbocycles. The maximum atomic E-state index is 12.6. The highest BCUT2D eigenvalue weighted by molar-refractivity contribution is 5.83. The van der Waals surface area contributed by atoms with Gasteiger partial charge in [0.2, 0.25) is 0 Å². The molecule has 0 bridgehead atoms. The molecular formula is C11H13F3N2O2. The van der Waals surface area contributed by atoms with Gasteiger partial charge in [0.1, 0.15) is 18.3 Å². The van der Waals surface area contributed by atoms with Crippen molar-refractivity contribution in [2.45, 2.75) is 13.1 Å². The molecule has 0 radical (unpaired) electrons. The van der Waals surface area contributed by atoms with Gasteiger partial charge in [0.15, 0.2) is 5.84 Å². The average molecular weight is 262 g/mol. The summed E-state index contributed by atoms with van der Waals surface area (Å²) in [6.45, 7) is 0.978. The third-order valence-corrected chi connectivity index (χ3v) is 2.37. The quantitative estimate of drug-likeness (QED) is 0.378. The molecule has 0 aliphatic rings. The predicted molar refractivity (Wildman–Crippen MR) is 59.6 cm³/mol. The zero-order chi connectivity index (χ0) is 13.8. The molecule has 7 heteroatoms. The maximum Gasteiger partial charge on any atom is 0.402 e. The van der Waals surface area contributed by atoms with Crippen molar-refractivity contribution in [3.05, 3.63) is 29.8 Å². The van der Waals surface area contributed by atoms with Crippen LogP contribution < -0.4 is 10.5 Å². The maximum absolute atomic E-state index is 12.6. The number of benzene rings is 1. The zero-order valence-electron chi connectivity index (χ0n) is 9.61. The number of rotatable bonds is 4. The van der Waals surface area contributed by atoms with E-state index in [2.05, 4.69) is 5.16 Å². The van der Waals surface area contributed by atoms with Gasteiger partial charge in [-0.1, -0.05) is 23.4 Å². The fourth-order valence-electron chi connectivity index (χ4n) is 1.31. The van der Waals surface area contributed by atoms with Gasteiger partial charge >= 0.3 is 6.18 Å². The molecule has 0 amide bonds. The molecule has 1 aromatic carbocycles. The van der Waals surface area contributed by atoms with Crippen LogP contribution in [0, 0.1) is 12.8 Å². The second-order valence-corrected chi connectivity index (χ2v) is 3.70. The molecule has 0 spiro atoms. The first-order valence-corrected chi connectivity index (χ1v) is 5.08. The van der Waals surface area contributed by atoms with Gasteiger partial charge in [-0.3, -0.25) is 0 Å². The van der Waals surface area contributed by atoms with Crippen LogP contribution in [-0.2, 0) is 0 Å². The summed E-state index contributed by atoms with van der Waals surface area (Å²) in [6, 6.07) is 6.65. The van der Waals surface area contributed by atoms with Gasteiger partial charge in [0, 0.05) is 0 Å². The van der Waals surface area contributed by atoms with Crippen LogP contribution in [0.4, 0.5) is 13.2 Å². The van der Waals surface area contributed by atoms with Gasteiger partial charge in [-0.25, -0.2) is 0 Å². The summed E-state index contributed by atoms with van der Waals surface area (Å²) >= 11 is 0. The Morgan fingerprint density at radius 2 is 2.06 bits per heavy atom. The Balaban J connectivity index is 2.78. The van der Waals surface area contributed by atoms with Crippen molar-refractivity contribution in [2.75, 3.05) is 6.61 Å². The lowest BCUT2D eigenvalue weighted by atomic mass is 10.1. The van der Waals surface area contributed by atoms with E-state index in [-0.39, 0.29) is 0 Å². The van der Waals surface area contributed by atoms with Gasteiger partial charge in [-0.2, -0.15) is 13.2 Å². The van der Waals surface area contributed by atoms with E-state index in [1.807, 2.05) is 0 Å². The number of para-hydroxylation sites is 1. The Bertz CT molecular complexity index is 433. The van der Waals surface area contributed by atoms with Crippen molar-refractivity contribution in [1.29, 1.82) is 0 Å². The average Bonchev–Trinajstić information content (AvgIpc) is 2.29. The molecule has 0 aliphatic carbocycles. The van der Waals surface area contributed by atoms with E-state index in [4.69, 9.17) is 15.7 Å². The van der Waals surface area contributed by atoms with E-state index in [0.717, 1.165) is 0 Å². The van der Waals surface area contributed by atoms with E-state index >= 15 is 0 Å². The van der Waals surface area contributed by atoms with Crippen LogP contribution >= 0.6 is 0 Å². The molecule has 1 atom stereocenters. The molecule has 1 rings (SSSR count). The van der Waals surface area contributed by atoms with Crippen molar-refractivity contribution < 1.29 is 23.1 Å². The number of nitrogens with zero attached hydrogens (tertiary/aromatic N) is 1. The Kier molecular flexibility index (Phi) is 4.41. The topological polar surface area (TPSA) is 67.8 Å². The largest absolute Gasteiger partial charge is 0.492 e. The van der Waals surface area contributed by atoms with Crippen LogP contribution in [0.1, 0.15) is 5.56 Å². The molecule has 0 aromatic heterocycles. The minimum absolute atomic E-state index is 0.331. The summed E-state index contributed by atoms with van der Waals surface area (Å²) < 4.78 is 42.9. The molecule has 100 valence electrons. The van der Waals surface area contributed by atoms with Gasteiger partial charge in [-0.15, -0.1) is 0 Å². The molecular weight excluding hydrogens is 249 g/mol. The van der Waals surface area contributed by atoms with Crippen LogP contribution in [0.3, 0.4) is 0 Å². The Labute approximate surface area is 102 Å². The summed E-state index contributed by atoms with van der Waals surface area (Å²) in [7, 11) is 0. The van der Waals surface area contributed by atoms with Crippen molar-refractivity contribution in [3.63, 3.8) is 0 Å². The Morgan fingerprint density at radius 3 is 2.56 bits per heavy atom. The van der Waals surface area contributed by atoms with Gasteiger partial charge < -0.3 is 15.7 Å². The summed E-state index contributed by atoms with van der Waals surface area (Å²) in [5.41, 5.74) is 5.71. The molecule has 1 unspecified atom stereocenters. The fraction of sp³-hybridized carbons (Fsp3) is 0.364.